The number of nitrogens with one attached hydrogen (secondary N) is 1. The molecule has 112 valence electrons. The number of esters is 1. The van der Waals surface area contributed by atoms with Gasteiger partial charge in [-0.3, -0.25) is 4.79 Å². The topological polar surface area (TPSA) is 47.6 Å². The van der Waals surface area contributed by atoms with Gasteiger partial charge in [-0.2, -0.15) is 0 Å². The Hall–Kier alpha value is -1.55. The molecule has 1 atom stereocenters. The smallest absolute Gasteiger partial charge is 0.322 e. The molecule has 0 aromatic heterocycles. The molecule has 0 aliphatic heterocycles. The fraction of sp³-hybridized carbons (Fsp3) is 0.562. The van der Waals surface area contributed by atoms with Crippen molar-refractivity contribution in [3.63, 3.8) is 0 Å². The summed E-state index contributed by atoms with van der Waals surface area (Å²) in [5.41, 5.74) is 1.12. The molecular weight excluding hydrogens is 254 g/mol. The van der Waals surface area contributed by atoms with Crippen LogP contribution >= 0.6 is 0 Å². The van der Waals surface area contributed by atoms with E-state index in [0.717, 1.165) is 17.7 Å². The summed E-state index contributed by atoms with van der Waals surface area (Å²) in [7, 11) is 1.42. The number of carbonyl (C=O) groups excluding carboxylic acids is 1. The lowest BCUT2D eigenvalue weighted by Gasteiger charge is -2.18. The van der Waals surface area contributed by atoms with Gasteiger partial charge in [0.05, 0.1) is 13.7 Å². The molecule has 0 fully saturated rings. The Morgan fingerprint density at radius 1 is 1.25 bits per heavy atom. The van der Waals surface area contributed by atoms with E-state index in [1.165, 1.54) is 7.11 Å². The number of methoxy groups -OCH3 is 1. The minimum atomic E-state index is -0.258. The first-order valence-corrected chi connectivity index (χ1v) is 7.09. The minimum absolute atomic E-state index is 0.204. The zero-order chi connectivity index (χ0) is 15.0. The quantitative estimate of drug-likeness (QED) is 0.743. The molecule has 1 N–H and O–H groups in total. The highest BCUT2D eigenvalue weighted by molar-refractivity contribution is 5.75. The summed E-state index contributed by atoms with van der Waals surface area (Å²) in [5, 5.41) is 3.25. The second-order valence-electron chi connectivity index (χ2n) is 5.16. The molecule has 4 heteroatoms. The minimum Gasteiger partial charge on any atom is -0.494 e. The largest absolute Gasteiger partial charge is 0.494 e. The molecular formula is C16H25NO3. The van der Waals surface area contributed by atoms with E-state index in [9.17, 15) is 4.79 Å². The Balaban J connectivity index is 2.55. The average molecular weight is 279 g/mol. The second-order valence-corrected chi connectivity index (χ2v) is 5.16. The maximum Gasteiger partial charge on any atom is 0.322 e. The summed E-state index contributed by atoms with van der Waals surface area (Å²) in [6.07, 6.45) is 0.768. The number of ether oxygens (including phenoxy) is 2. The third-order valence-electron chi connectivity index (χ3n) is 2.98. The third kappa shape index (κ3) is 5.61. The second kappa shape index (κ2) is 8.59. The highest BCUT2D eigenvalue weighted by Gasteiger charge is 2.19. The molecule has 1 unspecified atom stereocenters. The molecule has 1 aromatic rings. The predicted molar refractivity (Wildman–Crippen MR) is 79.7 cm³/mol. The lowest BCUT2D eigenvalue weighted by Crippen LogP contribution is -2.38. The van der Waals surface area contributed by atoms with Crippen LogP contribution in [0, 0.1) is 5.92 Å². The fourth-order valence-electron chi connectivity index (χ4n) is 1.99. The van der Waals surface area contributed by atoms with Gasteiger partial charge in [0.2, 0.25) is 0 Å². The Morgan fingerprint density at radius 3 is 2.40 bits per heavy atom. The van der Waals surface area contributed by atoms with Crippen molar-refractivity contribution >= 4 is 5.97 Å². The lowest BCUT2D eigenvalue weighted by molar-refractivity contribution is -0.143. The van der Waals surface area contributed by atoms with Crippen LogP contribution in [-0.2, 0) is 16.1 Å². The van der Waals surface area contributed by atoms with Gasteiger partial charge in [0, 0.05) is 6.54 Å². The van der Waals surface area contributed by atoms with Crippen LogP contribution in [0.15, 0.2) is 24.3 Å². The Morgan fingerprint density at radius 2 is 1.90 bits per heavy atom. The standard InChI is InChI=1S/C16H25NO3/c1-5-20-14-8-6-13(7-9-14)11-17-15(10-12(2)3)16(18)19-4/h6-9,12,15,17H,5,10-11H2,1-4H3. The van der Waals surface area contributed by atoms with Crippen molar-refractivity contribution in [2.24, 2.45) is 5.92 Å². The summed E-state index contributed by atoms with van der Waals surface area (Å²) in [6, 6.07) is 7.63. The van der Waals surface area contributed by atoms with E-state index in [0.29, 0.717) is 19.1 Å². The summed E-state index contributed by atoms with van der Waals surface area (Å²) in [4.78, 5) is 11.7. The molecule has 0 aliphatic rings. The Labute approximate surface area is 121 Å². The van der Waals surface area contributed by atoms with E-state index in [1.54, 1.807) is 0 Å². The SMILES string of the molecule is CCOc1ccc(CNC(CC(C)C)C(=O)OC)cc1. The van der Waals surface area contributed by atoms with Crippen LogP contribution in [0.1, 0.15) is 32.8 Å². The van der Waals surface area contributed by atoms with Crippen LogP contribution in [0.25, 0.3) is 0 Å². The van der Waals surface area contributed by atoms with Crippen molar-refractivity contribution in [3.8, 4) is 5.75 Å². The number of rotatable bonds is 8. The van der Waals surface area contributed by atoms with Crippen LogP contribution in [0.2, 0.25) is 0 Å². The first-order chi connectivity index (χ1) is 9.56. The highest BCUT2D eigenvalue weighted by Crippen LogP contribution is 2.13. The predicted octanol–water partition coefficient (Wildman–Crippen LogP) is 2.76. The molecule has 1 rings (SSSR count). The van der Waals surface area contributed by atoms with E-state index in [-0.39, 0.29) is 12.0 Å². The van der Waals surface area contributed by atoms with Crippen molar-refractivity contribution in [1.29, 1.82) is 0 Å². The van der Waals surface area contributed by atoms with Gasteiger partial charge in [0.1, 0.15) is 11.8 Å². The molecule has 0 spiro atoms. The maximum absolute atomic E-state index is 11.7. The van der Waals surface area contributed by atoms with Gasteiger partial charge in [-0.15, -0.1) is 0 Å². The van der Waals surface area contributed by atoms with Crippen molar-refractivity contribution < 1.29 is 14.3 Å². The zero-order valence-electron chi connectivity index (χ0n) is 12.8. The first-order valence-electron chi connectivity index (χ1n) is 7.09. The lowest BCUT2D eigenvalue weighted by atomic mass is 10.0. The van der Waals surface area contributed by atoms with Crippen LogP contribution < -0.4 is 10.1 Å². The van der Waals surface area contributed by atoms with Crippen LogP contribution in [-0.4, -0.2) is 25.7 Å². The van der Waals surface area contributed by atoms with E-state index in [4.69, 9.17) is 9.47 Å². The molecule has 0 heterocycles. The summed E-state index contributed by atoms with van der Waals surface area (Å²) in [6.45, 7) is 7.45. The van der Waals surface area contributed by atoms with E-state index in [2.05, 4.69) is 19.2 Å². The van der Waals surface area contributed by atoms with E-state index < -0.39 is 0 Å². The monoisotopic (exact) mass is 279 g/mol. The number of hydrogen-bond acceptors (Lipinski definition) is 4. The Bertz CT molecular complexity index is 401. The van der Waals surface area contributed by atoms with E-state index >= 15 is 0 Å². The molecule has 0 radical (unpaired) electrons. The number of hydrogen-bond donors (Lipinski definition) is 1. The number of benzene rings is 1. The van der Waals surface area contributed by atoms with Crippen molar-refractivity contribution in [1.82, 2.24) is 5.32 Å². The highest BCUT2D eigenvalue weighted by atomic mass is 16.5. The zero-order valence-corrected chi connectivity index (χ0v) is 12.8. The molecule has 0 amide bonds. The molecule has 0 aliphatic carbocycles. The summed E-state index contributed by atoms with van der Waals surface area (Å²) < 4.78 is 10.2. The van der Waals surface area contributed by atoms with Crippen LogP contribution in [0.5, 0.6) is 5.75 Å². The normalized spacial score (nSPS) is 12.2. The van der Waals surface area contributed by atoms with Gasteiger partial charge >= 0.3 is 5.97 Å². The van der Waals surface area contributed by atoms with Gasteiger partial charge in [0.15, 0.2) is 0 Å². The summed E-state index contributed by atoms with van der Waals surface area (Å²) in [5.74, 6) is 1.10. The van der Waals surface area contributed by atoms with Crippen LogP contribution in [0.3, 0.4) is 0 Å². The summed E-state index contributed by atoms with van der Waals surface area (Å²) >= 11 is 0. The molecule has 4 nitrogen and oxygen atoms in total. The first kappa shape index (κ1) is 16.5. The van der Waals surface area contributed by atoms with Gasteiger partial charge < -0.3 is 14.8 Å². The van der Waals surface area contributed by atoms with Gasteiger partial charge in [-0.1, -0.05) is 26.0 Å². The average Bonchev–Trinajstić information content (AvgIpc) is 2.44. The number of carbonyl (C=O) groups is 1. The van der Waals surface area contributed by atoms with Gasteiger partial charge in [-0.05, 0) is 37.0 Å². The molecule has 0 saturated heterocycles. The third-order valence-corrected chi connectivity index (χ3v) is 2.98. The molecule has 1 aromatic carbocycles. The Kier molecular flexibility index (Phi) is 7.09. The molecule has 0 bridgehead atoms. The molecule has 0 saturated carbocycles. The molecule has 20 heavy (non-hydrogen) atoms. The van der Waals surface area contributed by atoms with Gasteiger partial charge in [0.25, 0.3) is 0 Å². The van der Waals surface area contributed by atoms with E-state index in [1.807, 2.05) is 31.2 Å². The van der Waals surface area contributed by atoms with Crippen molar-refractivity contribution in [2.45, 2.75) is 39.8 Å². The maximum atomic E-state index is 11.7. The fourth-order valence-corrected chi connectivity index (χ4v) is 1.99. The van der Waals surface area contributed by atoms with Crippen LogP contribution in [0.4, 0.5) is 0 Å². The van der Waals surface area contributed by atoms with Crippen molar-refractivity contribution in [3.05, 3.63) is 29.8 Å². The van der Waals surface area contributed by atoms with Gasteiger partial charge in [-0.25, -0.2) is 0 Å². The van der Waals surface area contributed by atoms with Crippen molar-refractivity contribution in [2.75, 3.05) is 13.7 Å².